The number of hydrogen-bond donors (Lipinski definition) is 2. The molecule has 0 radical (unpaired) electrons. The maximum absolute atomic E-state index is 9.29. The van der Waals surface area contributed by atoms with Crippen LogP contribution >= 0.6 is 0 Å². The molecule has 18 heavy (non-hydrogen) atoms. The fourth-order valence-electron chi connectivity index (χ4n) is 3.01. The third-order valence-electron chi connectivity index (χ3n) is 4.11. The van der Waals surface area contributed by atoms with Crippen molar-refractivity contribution in [2.24, 2.45) is 0 Å². The molecule has 0 amide bonds. The number of nitrogens with zero attached hydrogens (tertiary/aromatic N) is 1. The molecule has 2 aliphatic rings. The van der Waals surface area contributed by atoms with Crippen molar-refractivity contribution in [2.45, 2.75) is 44.0 Å². The Hall–Kier alpha value is -0.900. The summed E-state index contributed by atoms with van der Waals surface area (Å²) in [7, 11) is 0. The maximum atomic E-state index is 9.29. The summed E-state index contributed by atoms with van der Waals surface area (Å²) >= 11 is 0. The van der Waals surface area contributed by atoms with E-state index in [1.54, 1.807) is 0 Å². The van der Waals surface area contributed by atoms with Crippen LogP contribution in [0.2, 0.25) is 0 Å². The van der Waals surface area contributed by atoms with Crippen LogP contribution in [0, 0.1) is 0 Å². The van der Waals surface area contributed by atoms with Crippen molar-refractivity contribution < 1.29 is 5.11 Å². The van der Waals surface area contributed by atoms with Crippen LogP contribution in [0.3, 0.4) is 0 Å². The first-order valence-corrected chi connectivity index (χ1v) is 7.00. The van der Waals surface area contributed by atoms with E-state index in [1.807, 2.05) is 0 Å². The predicted molar refractivity (Wildman–Crippen MR) is 72.3 cm³/mol. The predicted octanol–water partition coefficient (Wildman–Crippen LogP) is 1.37. The molecule has 1 saturated carbocycles. The highest BCUT2D eigenvalue weighted by Crippen LogP contribution is 2.22. The fourth-order valence-corrected chi connectivity index (χ4v) is 3.01. The van der Waals surface area contributed by atoms with Gasteiger partial charge in [-0.3, -0.25) is 4.90 Å². The van der Waals surface area contributed by atoms with Crippen LogP contribution < -0.4 is 5.32 Å². The molecule has 1 unspecified atom stereocenters. The third-order valence-corrected chi connectivity index (χ3v) is 4.11. The van der Waals surface area contributed by atoms with E-state index in [0.29, 0.717) is 12.1 Å². The zero-order valence-electron chi connectivity index (χ0n) is 10.8. The molecule has 1 aromatic carbocycles. The van der Waals surface area contributed by atoms with Crippen LogP contribution in [-0.4, -0.2) is 41.3 Å². The van der Waals surface area contributed by atoms with Gasteiger partial charge >= 0.3 is 0 Å². The van der Waals surface area contributed by atoms with Crippen molar-refractivity contribution in [3.05, 3.63) is 35.9 Å². The zero-order chi connectivity index (χ0) is 12.4. The van der Waals surface area contributed by atoms with E-state index >= 15 is 0 Å². The van der Waals surface area contributed by atoms with Crippen LogP contribution in [0.4, 0.5) is 0 Å². The van der Waals surface area contributed by atoms with Gasteiger partial charge in [-0.15, -0.1) is 0 Å². The number of benzene rings is 1. The molecule has 1 saturated heterocycles. The summed E-state index contributed by atoms with van der Waals surface area (Å²) in [5, 5.41) is 12.9. The van der Waals surface area contributed by atoms with E-state index in [2.05, 4.69) is 40.5 Å². The Labute approximate surface area is 109 Å². The van der Waals surface area contributed by atoms with Crippen molar-refractivity contribution in [1.29, 1.82) is 0 Å². The van der Waals surface area contributed by atoms with Gasteiger partial charge in [0.05, 0.1) is 6.10 Å². The highest BCUT2D eigenvalue weighted by Gasteiger charge is 2.31. The highest BCUT2D eigenvalue weighted by molar-refractivity contribution is 5.14. The molecule has 98 valence electrons. The lowest BCUT2D eigenvalue weighted by Gasteiger charge is -2.34. The van der Waals surface area contributed by atoms with Gasteiger partial charge in [-0.2, -0.15) is 0 Å². The summed E-state index contributed by atoms with van der Waals surface area (Å²) in [5.41, 5.74) is 1.40. The second-order valence-corrected chi connectivity index (χ2v) is 5.70. The minimum atomic E-state index is -0.0516. The number of hydrogen-bond acceptors (Lipinski definition) is 3. The first kappa shape index (κ1) is 12.2. The molecule has 1 atom stereocenters. The number of rotatable bonds is 4. The monoisotopic (exact) mass is 246 g/mol. The quantitative estimate of drug-likeness (QED) is 0.842. The standard InChI is InChI=1S/C15H22N2O/c18-15-8-14(9-15)16-13-6-7-17(11-13)10-12-4-2-1-3-5-12/h1-5,13-16,18H,6-11H2. The minimum Gasteiger partial charge on any atom is -0.393 e. The second kappa shape index (κ2) is 5.39. The van der Waals surface area contributed by atoms with Crippen molar-refractivity contribution in [2.75, 3.05) is 13.1 Å². The third kappa shape index (κ3) is 2.91. The van der Waals surface area contributed by atoms with Gasteiger partial charge in [0.25, 0.3) is 0 Å². The fraction of sp³-hybridized carbons (Fsp3) is 0.600. The smallest absolute Gasteiger partial charge is 0.0570 e. The Bertz CT molecular complexity index is 375. The van der Waals surface area contributed by atoms with E-state index < -0.39 is 0 Å². The van der Waals surface area contributed by atoms with Gasteiger partial charge in [0.1, 0.15) is 0 Å². The zero-order valence-corrected chi connectivity index (χ0v) is 10.8. The van der Waals surface area contributed by atoms with E-state index in [4.69, 9.17) is 0 Å². The van der Waals surface area contributed by atoms with Gasteiger partial charge in [0, 0.05) is 31.7 Å². The first-order valence-electron chi connectivity index (χ1n) is 7.00. The van der Waals surface area contributed by atoms with Crippen molar-refractivity contribution in [3.63, 3.8) is 0 Å². The second-order valence-electron chi connectivity index (χ2n) is 5.70. The summed E-state index contributed by atoms with van der Waals surface area (Å²) in [6.45, 7) is 3.38. The number of nitrogens with one attached hydrogen (secondary N) is 1. The Balaban J connectivity index is 1.44. The molecular weight excluding hydrogens is 224 g/mol. The molecule has 2 fully saturated rings. The summed E-state index contributed by atoms with van der Waals surface area (Å²) in [4.78, 5) is 2.52. The van der Waals surface area contributed by atoms with Crippen LogP contribution in [0.1, 0.15) is 24.8 Å². The molecule has 3 nitrogen and oxygen atoms in total. The maximum Gasteiger partial charge on any atom is 0.0570 e. The molecule has 2 N–H and O–H groups in total. The van der Waals surface area contributed by atoms with Gasteiger partial charge in [0.2, 0.25) is 0 Å². The van der Waals surface area contributed by atoms with E-state index in [-0.39, 0.29) is 6.10 Å². The van der Waals surface area contributed by atoms with Crippen LogP contribution in [0.5, 0.6) is 0 Å². The SMILES string of the molecule is OC1CC(NC2CCN(Cc3ccccc3)C2)C1. The Morgan fingerprint density at radius 1 is 1.17 bits per heavy atom. The van der Waals surface area contributed by atoms with Gasteiger partial charge in [-0.1, -0.05) is 30.3 Å². The van der Waals surface area contributed by atoms with Crippen molar-refractivity contribution >= 4 is 0 Å². The summed E-state index contributed by atoms with van der Waals surface area (Å²) < 4.78 is 0. The Morgan fingerprint density at radius 3 is 2.67 bits per heavy atom. The molecular formula is C15H22N2O. The van der Waals surface area contributed by atoms with Gasteiger partial charge < -0.3 is 10.4 Å². The highest BCUT2D eigenvalue weighted by atomic mass is 16.3. The summed E-state index contributed by atoms with van der Waals surface area (Å²) in [6, 6.07) is 11.9. The molecule has 1 heterocycles. The molecule has 1 aliphatic heterocycles. The van der Waals surface area contributed by atoms with Gasteiger partial charge in [-0.05, 0) is 24.8 Å². The molecule has 3 heteroatoms. The molecule has 0 aromatic heterocycles. The van der Waals surface area contributed by atoms with E-state index in [0.717, 1.165) is 25.9 Å². The molecule has 0 spiro atoms. The summed E-state index contributed by atoms with van der Waals surface area (Å²) in [5.74, 6) is 0. The molecule has 1 aliphatic carbocycles. The largest absolute Gasteiger partial charge is 0.393 e. The van der Waals surface area contributed by atoms with Crippen molar-refractivity contribution in [3.8, 4) is 0 Å². The lowest BCUT2D eigenvalue weighted by Crippen LogP contribution is -2.49. The Morgan fingerprint density at radius 2 is 1.94 bits per heavy atom. The van der Waals surface area contributed by atoms with Crippen LogP contribution in [0.25, 0.3) is 0 Å². The topological polar surface area (TPSA) is 35.5 Å². The number of aliphatic hydroxyl groups is 1. The lowest BCUT2D eigenvalue weighted by molar-refractivity contribution is 0.0580. The molecule has 1 aromatic rings. The average molecular weight is 246 g/mol. The molecule has 0 bridgehead atoms. The van der Waals surface area contributed by atoms with E-state index in [9.17, 15) is 5.11 Å². The Kier molecular flexibility index (Phi) is 3.64. The molecule has 3 rings (SSSR count). The minimum absolute atomic E-state index is 0.0516. The first-order chi connectivity index (χ1) is 8.79. The summed E-state index contributed by atoms with van der Waals surface area (Å²) in [6.07, 6.45) is 3.06. The average Bonchev–Trinajstić information content (AvgIpc) is 2.76. The van der Waals surface area contributed by atoms with Gasteiger partial charge in [-0.25, -0.2) is 0 Å². The van der Waals surface area contributed by atoms with Crippen molar-refractivity contribution in [1.82, 2.24) is 10.2 Å². The van der Waals surface area contributed by atoms with Gasteiger partial charge in [0.15, 0.2) is 0 Å². The van der Waals surface area contributed by atoms with E-state index in [1.165, 1.54) is 18.5 Å². The number of aliphatic hydroxyl groups excluding tert-OH is 1. The normalized spacial score (nSPS) is 32.4. The van der Waals surface area contributed by atoms with Crippen LogP contribution in [-0.2, 0) is 6.54 Å². The van der Waals surface area contributed by atoms with Crippen LogP contribution in [0.15, 0.2) is 30.3 Å². The number of likely N-dealkylation sites (tertiary alicyclic amines) is 1. The lowest BCUT2D eigenvalue weighted by atomic mass is 9.89.